The minimum Gasteiger partial charge on any atom is -0.294 e. The fourth-order valence-electron chi connectivity index (χ4n) is 2.95. The largest absolute Gasteiger partial charge is 0.294 e. The Morgan fingerprint density at radius 2 is 2.00 bits per heavy atom. The van der Waals surface area contributed by atoms with Crippen molar-refractivity contribution < 1.29 is 9.18 Å². The van der Waals surface area contributed by atoms with E-state index in [0.717, 1.165) is 30.4 Å². The van der Waals surface area contributed by atoms with Crippen molar-refractivity contribution >= 4 is 5.78 Å². The average Bonchev–Trinajstić information content (AvgIpc) is 2.62. The highest BCUT2D eigenvalue weighted by molar-refractivity contribution is 5.99. The molecule has 2 atom stereocenters. The molecule has 2 unspecified atom stereocenters. The van der Waals surface area contributed by atoms with Gasteiger partial charge in [0.05, 0.1) is 5.56 Å². The van der Waals surface area contributed by atoms with Crippen molar-refractivity contribution in [1.29, 1.82) is 0 Å². The standard InChI is InChI=1S/C15H19FO/c1-9-7-11(3)14(13(16)8-9)15(17)12-6-4-5-10(12)2/h7-8,10,12H,4-6H2,1-3H3. The van der Waals surface area contributed by atoms with Crippen LogP contribution < -0.4 is 0 Å². The van der Waals surface area contributed by atoms with E-state index in [1.54, 1.807) is 0 Å². The van der Waals surface area contributed by atoms with Gasteiger partial charge in [-0.1, -0.05) is 19.4 Å². The first kappa shape index (κ1) is 12.3. The smallest absolute Gasteiger partial charge is 0.169 e. The monoisotopic (exact) mass is 234 g/mol. The number of carbonyl (C=O) groups excluding carboxylic acids is 1. The van der Waals surface area contributed by atoms with Crippen molar-refractivity contribution in [2.45, 2.75) is 40.0 Å². The zero-order valence-corrected chi connectivity index (χ0v) is 10.7. The molecular weight excluding hydrogens is 215 g/mol. The van der Waals surface area contributed by atoms with Crippen LogP contribution in [0.25, 0.3) is 0 Å². The first-order valence-electron chi connectivity index (χ1n) is 6.31. The van der Waals surface area contributed by atoms with E-state index < -0.39 is 0 Å². The van der Waals surface area contributed by atoms with Crippen LogP contribution in [-0.4, -0.2) is 5.78 Å². The molecule has 0 aromatic heterocycles. The molecule has 0 bridgehead atoms. The molecule has 0 heterocycles. The summed E-state index contributed by atoms with van der Waals surface area (Å²) in [5, 5.41) is 0. The van der Waals surface area contributed by atoms with E-state index in [9.17, 15) is 9.18 Å². The highest BCUT2D eigenvalue weighted by Crippen LogP contribution is 2.35. The van der Waals surface area contributed by atoms with E-state index in [-0.39, 0.29) is 17.5 Å². The topological polar surface area (TPSA) is 17.1 Å². The van der Waals surface area contributed by atoms with Crippen LogP contribution in [0.1, 0.15) is 47.7 Å². The Bertz CT molecular complexity index is 427. The summed E-state index contributed by atoms with van der Waals surface area (Å²) in [5.74, 6) is 0.0603. The lowest BCUT2D eigenvalue weighted by atomic mass is 9.87. The molecule has 0 radical (unpaired) electrons. The molecule has 17 heavy (non-hydrogen) atoms. The lowest BCUT2D eigenvalue weighted by Crippen LogP contribution is -2.19. The van der Waals surface area contributed by atoms with E-state index in [0.29, 0.717) is 11.5 Å². The van der Waals surface area contributed by atoms with Crippen molar-refractivity contribution in [3.8, 4) is 0 Å². The number of ketones is 1. The summed E-state index contributed by atoms with van der Waals surface area (Å²) in [6, 6.07) is 3.34. The summed E-state index contributed by atoms with van der Waals surface area (Å²) in [6.07, 6.45) is 3.08. The van der Waals surface area contributed by atoms with Gasteiger partial charge in [-0.15, -0.1) is 0 Å². The summed E-state index contributed by atoms with van der Waals surface area (Å²) in [5.41, 5.74) is 1.96. The van der Waals surface area contributed by atoms with Gasteiger partial charge in [0.1, 0.15) is 5.82 Å². The second-order valence-corrected chi connectivity index (χ2v) is 5.32. The van der Waals surface area contributed by atoms with E-state index >= 15 is 0 Å². The third kappa shape index (κ3) is 2.26. The molecule has 1 nitrogen and oxygen atoms in total. The number of hydrogen-bond acceptors (Lipinski definition) is 1. The summed E-state index contributed by atoms with van der Waals surface area (Å²) in [7, 11) is 0. The van der Waals surface area contributed by atoms with E-state index in [1.165, 1.54) is 6.07 Å². The van der Waals surface area contributed by atoms with E-state index in [1.807, 2.05) is 19.9 Å². The minimum atomic E-state index is -0.355. The third-order valence-electron chi connectivity index (χ3n) is 3.88. The molecule has 1 aliphatic carbocycles. The van der Waals surface area contributed by atoms with Gasteiger partial charge in [-0.05, 0) is 49.8 Å². The molecule has 0 spiro atoms. The van der Waals surface area contributed by atoms with Crippen molar-refractivity contribution in [3.63, 3.8) is 0 Å². The molecule has 2 rings (SSSR count). The minimum absolute atomic E-state index is 0.00463. The average molecular weight is 234 g/mol. The Morgan fingerprint density at radius 1 is 1.29 bits per heavy atom. The molecule has 0 amide bonds. The Morgan fingerprint density at radius 3 is 2.53 bits per heavy atom. The third-order valence-corrected chi connectivity index (χ3v) is 3.88. The van der Waals surface area contributed by atoms with Gasteiger partial charge in [-0.25, -0.2) is 4.39 Å². The fourth-order valence-corrected chi connectivity index (χ4v) is 2.95. The normalized spacial score (nSPS) is 24.0. The first-order chi connectivity index (χ1) is 8.00. The first-order valence-corrected chi connectivity index (χ1v) is 6.31. The number of carbonyl (C=O) groups is 1. The Kier molecular flexibility index (Phi) is 3.32. The van der Waals surface area contributed by atoms with Gasteiger partial charge in [0, 0.05) is 5.92 Å². The highest BCUT2D eigenvalue weighted by atomic mass is 19.1. The van der Waals surface area contributed by atoms with Crippen LogP contribution in [0.5, 0.6) is 0 Å². The molecular formula is C15H19FO. The quantitative estimate of drug-likeness (QED) is 0.705. The van der Waals surface area contributed by atoms with Gasteiger partial charge in [0.15, 0.2) is 5.78 Å². The number of Topliss-reactive ketones (excluding diaryl/α,β-unsaturated/α-hetero) is 1. The zero-order valence-electron chi connectivity index (χ0n) is 10.7. The molecule has 2 heteroatoms. The molecule has 1 saturated carbocycles. The van der Waals surface area contributed by atoms with E-state index in [4.69, 9.17) is 0 Å². The number of hydrogen-bond donors (Lipinski definition) is 0. The molecule has 1 aliphatic rings. The van der Waals surface area contributed by atoms with Gasteiger partial charge < -0.3 is 0 Å². The SMILES string of the molecule is Cc1cc(C)c(C(=O)C2CCCC2C)c(F)c1. The predicted octanol–water partition coefficient (Wildman–Crippen LogP) is 4.06. The van der Waals surface area contributed by atoms with Crippen LogP contribution in [0.2, 0.25) is 0 Å². The number of aryl methyl sites for hydroxylation is 2. The van der Waals surface area contributed by atoms with Crippen LogP contribution in [-0.2, 0) is 0 Å². The van der Waals surface area contributed by atoms with Crippen LogP contribution in [0, 0.1) is 31.5 Å². The maximum absolute atomic E-state index is 13.9. The molecule has 0 saturated heterocycles. The molecule has 0 aliphatic heterocycles. The Balaban J connectivity index is 2.37. The van der Waals surface area contributed by atoms with Crippen molar-refractivity contribution in [2.24, 2.45) is 11.8 Å². The van der Waals surface area contributed by atoms with Crippen molar-refractivity contribution in [2.75, 3.05) is 0 Å². The second-order valence-electron chi connectivity index (χ2n) is 5.32. The lowest BCUT2D eigenvalue weighted by Gasteiger charge is -2.16. The van der Waals surface area contributed by atoms with Crippen LogP contribution >= 0.6 is 0 Å². The Hall–Kier alpha value is -1.18. The van der Waals surface area contributed by atoms with Crippen LogP contribution in [0.4, 0.5) is 4.39 Å². The van der Waals surface area contributed by atoms with Gasteiger partial charge >= 0.3 is 0 Å². The summed E-state index contributed by atoms with van der Waals surface area (Å²) >= 11 is 0. The maximum atomic E-state index is 13.9. The van der Waals surface area contributed by atoms with Crippen LogP contribution in [0.15, 0.2) is 12.1 Å². The van der Waals surface area contributed by atoms with Gasteiger partial charge in [0.2, 0.25) is 0 Å². The highest BCUT2D eigenvalue weighted by Gasteiger charge is 2.32. The number of benzene rings is 1. The summed E-state index contributed by atoms with van der Waals surface area (Å²) < 4.78 is 13.9. The van der Waals surface area contributed by atoms with Crippen LogP contribution in [0.3, 0.4) is 0 Å². The van der Waals surface area contributed by atoms with Crippen molar-refractivity contribution in [1.82, 2.24) is 0 Å². The second kappa shape index (κ2) is 4.59. The Labute approximate surface area is 102 Å². The zero-order chi connectivity index (χ0) is 12.6. The lowest BCUT2D eigenvalue weighted by molar-refractivity contribution is 0.0892. The van der Waals surface area contributed by atoms with Gasteiger partial charge in [-0.2, -0.15) is 0 Å². The molecule has 0 N–H and O–H groups in total. The number of halogens is 1. The summed E-state index contributed by atoms with van der Waals surface area (Å²) in [6.45, 7) is 5.77. The molecule has 92 valence electrons. The maximum Gasteiger partial charge on any atom is 0.169 e. The molecule has 1 fully saturated rings. The van der Waals surface area contributed by atoms with Gasteiger partial charge in [0.25, 0.3) is 0 Å². The predicted molar refractivity (Wildman–Crippen MR) is 66.7 cm³/mol. The molecule has 1 aromatic carbocycles. The van der Waals surface area contributed by atoms with Gasteiger partial charge in [-0.3, -0.25) is 4.79 Å². The van der Waals surface area contributed by atoms with Crippen molar-refractivity contribution in [3.05, 3.63) is 34.6 Å². The number of rotatable bonds is 2. The van der Waals surface area contributed by atoms with E-state index in [2.05, 4.69) is 6.92 Å². The summed E-state index contributed by atoms with van der Waals surface area (Å²) in [4.78, 5) is 12.4. The fraction of sp³-hybridized carbons (Fsp3) is 0.533. The molecule has 1 aromatic rings.